The van der Waals surface area contributed by atoms with Gasteiger partial charge in [-0.1, -0.05) is 23.8 Å². The molecule has 1 atom stereocenters. The Kier molecular flexibility index (Phi) is 3.86. The number of aryl methyl sites for hydroxylation is 2. The van der Waals surface area contributed by atoms with E-state index in [4.69, 9.17) is 5.73 Å². The van der Waals surface area contributed by atoms with E-state index < -0.39 is 0 Å². The van der Waals surface area contributed by atoms with Gasteiger partial charge in [-0.25, -0.2) is 4.98 Å². The van der Waals surface area contributed by atoms with Crippen molar-refractivity contribution >= 4 is 11.5 Å². The van der Waals surface area contributed by atoms with E-state index >= 15 is 0 Å². The molecule has 2 rings (SSSR count). The number of pyridine rings is 1. The summed E-state index contributed by atoms with van der Waals surface area (Å²) in [6.45, 7) is 6.20. The Balaban J connectivity index is 2.47. The van der Waals surface area contributed by atoms with Crippen LogP contribution in [-0.4, -0.2) is 12.0 Å². The minimum atomic E-state index is -0.0306. The Labute approximate surface area is 115 Å². The van der Waals surface area contributed by atoms with Gasteiger partial charge in [-0.3, -0.25) is 0 Å². The molecule has 0 bridgehead atoms. The number of hydrogen-bond donors (Lipinski definition) is 1. The molecule has 0 amide bonds. The number of nitrogens with zero attached hydrogens (tertiary/aromatic N) is 2. The summed E-state index contributed by atoms with van der Waals surface area (Å²) in [7, 11) is 2.03. The number of anilines is 2. The van der Waals surface area contributed by atoms with Gasteiger partial charge >= 0.3 is 0 Å². The molecular formula is C16H21N3. The number of nitrogens with two attached hydrogens (primary N) is 1. The first kappa shape index (κ1) is 13.6. The maximum Gasteiger partial charge on any atom is 0.137 e. The summed E-state index contributed by atoms with van der Waals surface area (Å²) in [6, 6.07) is 10.4. The summed E-state index contributed by atoms with van der Waals surface area (Å²) in [5, 5.41) is 0. The smallest absolute Gasteiger partial charge is 0.137 e. The largest absolute Gasteiger partial charge is 0.329 e. The second-order valence-corrected chi connectivity index (χ2v) is 5.05. The first-order chi connectivity index (χ1) is 9.00. The SMILES string of the molecule is Cc1ccc(N(C)c2ncccc2C(C)N)c(C)c1. The first-order valence-electron chi connectivity index (χ1n) is 6.52. The third kappa shape index (κ3) is 2.76. The van der Waals surface area contributed by atoms with E-state index in [1.165, 1.54) is 11.1 Å². The predicted octanol–water partition coefficient (Wildman–Crippen LogP) is 3.49. The number of benzene rings is 1. The van der Waals surface area contributed by atoms with Gasteiger partial charge < -0.3 is 10.6 Å². The molecule has 0 radical (unpaired) electrons. The Bertz CT molecular complexity index is 576. The fourth-order valence-corrected chi connectivity index (χ4v) is 2.34. The lowest BCUT2D eigenvalue weighted by Gasteiger charge is -2.24. The van der Waals surface area contributed by atoms with Crippen molar-refractivity contribution in [3.8, 4) is 0 Å². The molecule has 1 aromatic carbocycles. The van der Waals surface area contributed by atoms with Crippen molar-refractivity contribution in [2.24, 2.45) is 5.73 Å². The highest BCUT2D eigenvalue weighted by molar-refractivity contribution is 5.66. The Hall–Kier alpha value is -1.87. The lowest BCUT2D eigenvalue weighted by molar-refractivity contribution is 0.807. The summed E-state index contributed by atoms with van der Waals surface area (Å²) < 4.78 is 0. The van der Waals surface area contributed by atoms with Crippen molar-refractivity contribution in [2.45, 2.75) is 26.8 Å². The molecule has 1 unspecified atom stereocenters. The van der Waals surface area contributed by atoms with Gasteiger partial charge in [0.25, 0.3) is 0 Å². The average molecular weight is 255 g/mol. The topological polar surface area (TPSA) is 42.2 Å². The van der Waals surface area contributed by atoms with Gasteiger partial charge in [0, 0.05) is 30.5 Å². The van der Waals surface area contributed by atoms with E-state index in [1.54, 1.807) is 6.20 Å². The molecule has 2 aromatic rings. The van der Waals surface area contributed by atoms with Crippen molar-refractivity contribution in [1.29, 1.82) is 0 Å². The summed E-state index contributed by atoms with van der Waals surface area (Å²) in [5.74, 6) is 0.921. The Morgan fingerprint density at radius 1 is 1.21 bits per heavy atom. The average Bonchev–Trinajstić information content (AvgIpc) is 2.38. The molecule has 100 valence electrons. The number of rotatable bonds is 3. The van der Waals surface area contributed by atoms with Crippen LogP contribution in [0.1, 0.15) is 29.7 Å². The molecule has 0 aliphatic rings. The summed E-state index contributed by atoms with van der Waals surface area (Å²) in [4.78, 5) is 6.59. The second kappa shape index (κ2) is 5.41. The minimum Gasteiger partial charge on any atom is -0.329 e. The molecule has 0 saturated heterocycles. The third-order valence-electron chi connectivity index (χ3n) is 3.34. The van der Waals surface area contributed by atoms with E-state index in [-0.39, 0.29) is 6.04 Å². The molecule has 0 spiro atoms. The molecule has 2 N–H and O–H groups in total. The third-order valence-corrected chi connectivity index (χ3v) is 3.34. The lowest BCUT2D eigenvalue weighted by atomic mass is 10.1. The lowest BCUT2D eigenvalue weighted by Crippen LogP contribution is -2.17. The van der Waals surface area contributed by atoms with Crippen LogP contribution in [0.15, 0.2) is 36.5 Å². The molecule has 3 heteroatoms. The van der Waals surface area contributed by atoms with Crippen LogP contribution in [0, 0.1) is 13.8 Å². The maximum absolute atomic E-state index is 6.03. The highest BCUT2D eigenvalue weighted by Gasteiger charge is 2.14. The van der Waals surface area contributed by atoms with Crippen LogP contribution in [0.4, 0.5) is 11.5 Å². The van der Waals surface area contributed by atoms with Crippen LogP contribution < -0.4 is 10.6 Å². The molecule has 0 aliphatic carbocycles. The monoisotopic (exact) mass is 255 g/mol. The fraction of sp³-hybridized carbons (Fsp3) is 0.312. The molecule has 0 saturated carbocycles. The van der Waals surface area contributed by atoms with Gasteiger partial charge in [0.05, 0.1) is 0 Å². The standard InChI is InChI=1S/C16H21N3/c1-11-7-8-15(12(2)10-11)19(4)16-14(13(3)17)6-5-9-18-16/h5-10,13H,17H2,1-4H3. The van der Waals surface area contributed by atoms with Crippen molar-refractivity contribution in [2.75, 3.05) is 11.9 Å². The van der Waals surface area contributed by atoms with Crippen molar-refractivity contribution in [1.82, 2.24) is 4.98 Å². The Morgan fingerprint density at radius 3 is 2.58 bits per heavy atom. The van der Waals surface area contributed by atoms with Gasteiger partial charge in [-0.15, -0.1) is 0 Å². The molecule has 19 heavy (non-hydrogen) atoms. The number of aromatic nitrogens is 1. The highest BCUT2D eigenvalue weighted by Crippen LogP contribution is 2.30. The Morgan fingerprint density at radius 2 is 1.95 bits per heavy atom. The fourth-order valence-electron chi connectivity index (χ4n) is 2.34. The zero-order valence-corrected chi connectivity index (χ0v) is 12.0. The summed E-state index contributed by atoms with van der Waals surface area (Å²) >= 11 is 0. The first-order valence-corrected chi connectivity index (χ1v) is 6.52. The number of hydrogen-bond acceptors (Lipinski definition) is 3. The van der Waals surface area contributed by atoms with E-state index in [0.717, 1.165) is 17.1 Å². The second-order valence-electron chi connectivity index (χ2n) is 5.05. The predicted molar refractivity (Wildman–Crippen MR) is 80.8 cm³/mol. The van der Waals surface area contributed by atoms with Gasteiger partial charge in [0.1, 0.15) is 5.82 Å². The maximum atomic E-state index is 6.03. The minimum absolute atomic E-state index is 0.0306. The van der Waals surface area contributed by atoms with Gasteiger partial charge in [0.15, 0.2) is 0 Å². The quantitative estimate of drug-likeness (QED) is 0.913. The van der Waals surface area contributed by atoms with E-state index in [0.29, 0.717) is 0 Å². The van der Waals surface area contributed by atoms with Crippen molar-refractivity contribution in [3.63, 3.8) is 0 Å². The zero-order valence-electron chi connectivity index (χ0n) is 12.0. The summed E-state index contributed by atoms with van der Waals surface area (Å²) in [6.07, 6.45) is 1.81. The molecule has 1 aromatic heterocycles. The molecule has 0 aliphatic heterocycles. The van der Waals surface area contributed by atoms with E-state index in [9.17, 15) is 0 Å². The van der Waals surface area contributed by atoms with Gasteiger partial charge in [-0.2, -0.15) is 0 Å². The normalized spacial score (nSPS) is 12.3. The zero-order chi connectivity index (χ0) is 14.0. The van der Waals surface area contributed by atoms with Crippen LogP contribution in [0.2, 0.25) is 0 Å². The van der Waals surface area contributed by atoms with E-state index in [1.807, 2.05) is 26.1 Å². The van der Waals surface area contributed by atoms with Crippen molar-refractivity contribution in [3.05, 3.63) is 53.2 Å². The molecular weight excluding hydrogens is 234 g/mol. The van der Waals surface area contributed by atoms with Crippen LogP contribution >= 0.6 is 0 Å². The van der Waals surface area contributed by atoms with E-state index in [2.05, 4.69) is 41.9 Å². The van der Waals surface area contributed by atoms with Gasteiger partial charge in [-0.05, 0) is 38.5 Å². The van der Waals surface area contributed by atoms with Gasteiger partial charge in [0.2, 0.25) is 0 Å². The molecule has 0 fully saturated rings. The van der Waals surface area contributed by atoms with Crippen LogP contribution in [-0.2, 0) is 0 Å². The molecule has 3 nitrogen and oxygen atoms in total. The molecule has 1 heterocycles. The highest BCUT2D eigenvalue weighted by atomic mass is 15.2. The van der Waals surface area contributed by atoms with Crippen LogP contribution in [0.25, 0.3) is 0 Å². The van der Waals surface area contributed by atoms with Crippen LogP contribution in [0.3, 0.4) is 0 Å². The summed E-state index contributed by atoms with van der Waals surface area (Å²) in [5.41, 5.74) is 10.8. The van der Waals surface area contributed by atoms with Crippen molar-refractivity contribution < 1.29 is 0 Å². The van der Waals surface area contributed by atoms with Crippen LogP contribution in [0.5, 0.6) is 0 Å².